The highest BCUT2D eigenvalue weighted by molar-refractivity contribution is 5.96. The van der Waals surface area contributed by atoms with Crippen LogP contribution in [0.4, 0.5) is 0 Å². The van der Waals surface area contributed by atoms with Crippen molar-refractivity contribution in [3.05, 3.63) is 17.0 Å². The Kier molecular flexibility index (Phi) is 5.62. The van der Waals surface area contributed by atoms with Gasteiger partial charge < -0.3 is 15.2 Å². The van der Waals surface area contributed by atoms with Crippen LogP contribution >= 0.6 is 12.4 Å². The molecule has 1 fully saturated rings. The third kappa shape index (κ3) is 3.46. The van der Waals surface area contributed by atoms with Crippen LogP contribution in [0.1, 0.15) is 41.1 Å². The highest BCUT2D eigenvalue weighted by Crippen LogP contribution is 2.12. The summed E-state index contributed by atoms with van der Waals surface area (Å²) in [5, 5.41) is 10.1. The highest BCUT2D eigenvalue weighted by atomic mass is 35.5. The van der Waals surface area contributed by atoms with E-state index in [1.807, 2.05) is 0 Å². The van der Waals surface area contributed by atoms with E-state index >= 15 is 0 Å². The quantitative estimate of drug-likeness (QED) is 0.874. The van der Waals surface area contributed by atoms with E-state index in [4.69, 9.17) is 4.52 Å². The topological polar surface area (TPSA) is 67.2 Å². The molecule has 0 saturated carbocycles. The fourth-order valence-electron chi connectivity index (χ4n) is 2.26. The third-order valence-electron chi connectivity index (χ3n) is 3.20. The fourth-order valence-corrected chi connectivity index (χ4v) is 2.26. The molecule has 102 valence electrons. The van der Waals surface area contributed by atoms with E-state index in [0.29, 0.717) is 29.6 Å². The lowest BCUT2D eigenvalue weighted by Crippen LogP contribution is -2.31. The van der Waals surface area contributed by atoms with Crippen LogP contribution in [0, 0.1) is 13.8 Å². The molecule has 2 rings (SSSR count). The predicted octanol–water partition coefficient (Wildman–Crippen LogP) is 1.59. The van der Waals surface area contributed by atoms with E-state index < -0.39 is 0 Å². The molecule has 0 unspecified atom stereocenters. The van der Waals surface area contributed by atoms with Crippen molar-refractivity contribution < 1.29 is 9.32 Å². The van der Waals surface area contributed by atoms with Gasteiger partial charge >= 0.3 is 0 Å². The standard InChI is InChI=1S/C12H19N3O2.ClH/c1-8-11(9(2)17-15-8)12(16)14-7-5-10-4-3-6-13-10;/h10,13H,3-7H2,1-2H3,(H,14,16);1H/t10-;/m1./s1. The molecule has 0 radical (unpaired) electrons. The van der Waals surface area contributed by atoms with Crippen LogP contribution in [0.3, 0.4) is 0 Å². The van der Waals surface area contributed by atoms with Gasteiger partial charge in [-0.3, -0.25) is 4.79 Å². The molecule has 1 aromatic rings. The second-order valence-electron chi connectivity index (χ2n) is 4.54. The number of aryl methyl sites for hydroxylation is 2. The lowest BCUT2D eigenvalue weighted by Gasteiger charge is -2.10. The van der Waals surface area contributed by atoms with Crippen molar-refractivity contribution in [2.75, 3.05) is 13.1 Å². The Balaban J connectivity index is 0.00000162. The summed E-state index contributed by atoms with van der Waals surface area (Å²) >= 11 is 0. The minimum absolute atomic E-state index is 0. The molecule has 1 amide bonds. The molecule has 1 saturated heterocycles. The molecule has 1 aliphatic heterocycles. The number of aromatic nitrogens is 1. The Bertz CT molecular complexity index is 381. The summed E-state index contributed by atoms with van der Waals surface area (Å²) in [7, 11) is 0. The molecule has 0 aliphatic carbocycles. The van der Waals surface area contributed by atoms with Gasteiger partial charge in [0.2, 0.25) is 0 Å². The summed E-state index contributed by atoms with van der Waals surface area (Å²) < 4.78 is 4.97. The lowest BCUT2D eigenvalue weighted by atomic mass is 10.1. The Hall–Kier alpha value is -1.07. The van der Waals surface area contributed by atoms with E-state index in [0.717, 1.165) is 13.0 Å². The molecular formula is C12H20ClN3O2. The van der Waals surface area contributed by atoms with E-state index in [2.05, 4.69) is 15.8 Å². The van der Waals surface area contributed by atoms with Crippen LogP contribution in [-0.2, 0) is 0 Å². The van der Waals surface area contributed by atoms with Crippen molar-refractivity contribution in [1.29, 1.82) is 0 Å². The first kappa shape index (κ1) is 15.0. The van der Waals surface area contributed by atoms with Crippen molar-refractivity contribution in [3.63, 3.8) is 0 Å². The molecule has 1 atom stereocenters. The average Bonchev–Trinajstić information content (AvgIpc) is 2.89. The van der Waals surface area contributed by atoms with Gasteiger partial charge in [0.15, 0.2) is 0 Å². The first-order valence-corrected chi connectivity index (χ1v) is 6.13. The molecule has 1 aromatic heterocycles. The van der Waals surface area contributed by atoms with Crippen molar-refractivity contribution in [3.8, 4) is 0 Å². The third-order valence-corrected chi connectivity index (χ3v) is 3.20. The van der Waals surface area contributed by atoms with Gasteiger partial charge in [-0.1, -0.05) is 5.16 Å². The molecule has 0 spiro atoms. The van der Waals surface area contributed by atoms with Gasteiger partial charge in [0.1, 0.15) is 11.3 Å². The van der Waals surface area contributed by atoms with Gasteiger partial charge in [0.25, 0.3) is 5.91 Å². The maximum atomic E-state index is 11.9. The lowest BCUT2D eigenvalue weighted by molar-refractivity contribution is 0.0950. The van der Waals surface area contributed by atoms with Crippen LogP contribution in [0.15, 0.2) is 4.52 Å². The second kappa shape index (κ2) is 6.75. The summed E-state index contributed by atoms with van der Waals surface area (Å²) in [5.74, 6) is 0.498. The van der Waals surface area contributed by atoms with E-state index in [1.54, 1.807) is 13.8 Å². The second-order valence-corrected chi connectivity index (χ2v) is 4.54. The smallest absolute Gasteiger partial charge is 0.256 e. The van der Waals surface area contributed by atoms with Crippen molar-refractivity contribution >= 4 is 18.3 Å². The minimum atomic E-state index is -0.0840. The molecule has 2 heterocycles. The largest absolute Gasteiger partial charge is 0.361 e. The van der Waals surface area contributed by atoms with Crippen LogP contribution < -0.4 is 10.6 Å². The summed E-state index contributed by atoms with van der Waals surface area (Å²) in [5.41, 5.74) is 1.23. The zero-order chi connectivity index (χ0) is 12.3. The Morgan fingerprint density at radius 2 is 2.33 bits per heavy atom. The summed E-state index contributed by atoms with van der Waals surface area (Å²) in [6.45, 7) is 5.33. The van der Waals surface area contributed by atoms with E-state index in [-0.39, 0.29) is 18.3 Å². The molecule has 0 aromatic carbocycles. The van der Waals surface area contributed by atoms with E-state index in [1.165, 1.54) is 12.8 Å². The number of hydrogen-bond donors (Lipinski definition) is 2. The Morgan fingerprint density at radius 3 is 2.89 bits per heavy atom. The van der Waals surface area contributed by atoms with Gasteiger partial charge in [-0.15, -0.1) is 12.4 Å². The summed E-state index contributed by atoms with van der Waals surface area (Å²) in [4.78, 5) is 11.9. The number of nitrogens with one attached hydrogen (secondary N) is 2. The van der Waals surface area contributed by atoms with Gasteiger partial charge in [-0.2, -0.15) is 0 Å². The van der Waals surface area contributed by atoms with Gasteiger partial charge in [0.05, 0.1) is 5.69 Å². The van der Waals surface area contributed by atoms with Crippen molar-refractivity contribution in [2.24, 2.45) is 0 Å². The minimum Gasteiger partial charge on any atom is -0.361 e. The number of carbonyl (C=O) groups is 1. The molecule has 2 N–H and O–H groups in total. The molecule has 1 aliphatic rings. The van der Waals surface area contributed by atoms with Gasteiger partial charge in [-0.25, -0.2) is 0 Å². The fraction of sp³-hybridized carbons (Fsp3) is 0.667. The summed E-state index contributed by atoms with van der Waals surface area (Å²) in [6.07, 6.45) is 3.43. The first-order chi connectivity index (χ1) is 8.18. The normalized spacial score (nSPS) is 18.4. The Morgan fingerprint density at radius 1 is 1.56 bits per heavy atom. The van der Waals surface area contributed by atoms with Gasteiger partial charge in [-0.05, 0) is 39.7 Å². The average molecular weight is 274 g/mol. The molecule has 0 bridgehead atoms. The predicted molar refractivity (Wildman–Crippen MR) is 71.2 cm³/mol. The first-order valence-electron chi connectivity index (χ1n) is 6.13. The maximum absolute atomic E-state index is 11.9. The number of rotatable bonds is 4. The zero-order valence-corrected chi connectivity index (χ0v) is 11.6. The number of hydrogen-bond acceptors (Lipinski definition) is 4. The number of carbonyl (C=O) groups excluding carboxylic acids is 1. The SMILES string of the molecule is Cc1noc(C)c1C(=O)NCC[C@H]1CCCN1.Cl. The van der Waals surface area contributed by atoms with Crippen LogP contribution in [0.2, 0.25) is 0 Å². The highest BCUT2D eigenvalue weighted by Gasteiger charge is 2.18. The van der Waals surface area contributed by atoms with Crippen molar-refractivity contribution in [1.82, 2.24) is 15.8 Å². The number of amides is 1. The number of halogens is 1. The zero-order valence-electron chi connectivity index (χ0n) is 10.8. The van der Waals surface area contributed by atoms with Gasteiger partial charge in [0, 0.05) is 12.6 Å². The molecule has 5 nitrogen and oxygen atoms in total. The molecule has 18 heavy (non-hydrogen) atoms. The van der Waals surface area contributed by atoms with Crippen molar-refractivity contribution in [2.45, 2.75) is 39.2 Å². The molecular weight excluding hydrogens is 254 g/mol. The number of nitrogens with zero attached hydrogens (tertiary/aromatic N) is 1. The Labute approximate surface area is 113 Å². The van der Waals surface area contributed by atoms with E-state index in [9.17, 15) is 4.79 Å². The van der Waals surface area contributed by atoms with Crippen LogP contribution in [0.25, 0.3) is 0 Å². The maximum Gasteiger partial charge on any atom is 0.256 e. The van der Waals surface area contributed by atoms with Crippen LogP contribution in [0.5, 0.6) is 0 Å². The monoisotopic (exact) mass is 273 g/mol. The summed E-state index contributed by atoms with van der Waals surface area (Å²) in [6, 6.07) is 0.556. The van der Waals surface area contributed by atoms with Crippen LogP contribution in [-0.4, -0.2) is 30.2 Å². The molecule has 6 heteroatoms.